The molecule has 0 saturated carbocycles. The summed E-state index contributed by atoms with van der Waals surface area (Å²) in [6, 6.07) is 7.66. The molecule has 2 aromatic rings. The predicted octanol–water partition coefficient (Wildman–Crippen LogP) is 3.64. The summed E-state index contributed by atoms with van der Waals surface area (Å²) >= 11 is 5.90. The third-order valence-electron chi connectivity index (χ3n) is 4.14. The number of carboxylic acids is 1. The zero-order chi connectivity index (χ0) is 17.5. The van der Waals surface area contributed by atoms with E-state index in [0.717, 1.165) is 12.0 Å². The fourth-order valence-electron chi connectivity index (χ4n) is 2.97. The van der Waals surface area contributed by atoms with Crippen LogP contribution in [0.2, 0.25) is 5.02 Å². The van der Waals surface area contributed by atoms with E-state index in [9.17, 15) is 18.3 Å². The van der Waals surface area contributed by atoms with E-state index >= 15 is 0 Å². The fraction of sp³-hybridized carbons (Fsp3) is 0.235. The molecular formula is C17H16ClNO4S. The van der Waals surface area contributed by atoms with Crippen LogP contribution in [0.3, 0.4) is 0 Å². The lowest BCUT2D eigenvalue weighted by molar-refractivity contribution is 0.0696. The van der Waals surface area contributed by atoms with Crippen molar-refractivity contribution in [1.82, 2.24) is 0 Å². The molecule has 2 aromatic carbocycles. The van der Waals surface area contributed by atoms with Gasteiger partial charge in [0.2, 0.25) is 0 Å². The van der Waals surface area contributed by atoms with Crippen LogP contribution in [-0.4, -0.2) is 19.5 Å². The summed E-state index contributed by atoms with van der Waals surface area (Å²) in [4.78, 5) is 11.3. The van der Waals surface area contributed by atoms with Gasteiger partial charge in [-0.3, -0.25) is 4.72 Å². The van der Waals surface area contributed by atoms with E-state index < -0.39 is 16.0 Å². The Kier molecular flexibility index (Phi) is 4.27. The molecule has 0 amide bonds. The van der Waals surface area contributed by atoms with Crippen molar-refractivity contribution in [3.8, 4) is 0 Å². The van der Waals surface area contributed by atoms with Crippen LogP contribution in [0, 0.1) is 6.92 Å². The standard InChI is InChI=1S/C17H16ClNO4S/c1-10-7-13(18)5-6-15(10)19-24(22,23)16-9-12(17(20)21)8-11-3-2-4-14(11)16/h5-9,19H,2-4H2,1H3,(H,20,21). The first-order valence-corrected chi connectivity index (χ1v) is 9.32. The molecule has 0 fully saturated rings. The Bertz CT molecular complexity index is 938. The molecule has 1 aliphatic rings. The molecular weight excluding hydrogens is 350 g/mol. The highest BCUT2D eigenvalue weighted by molar-refractivity contribution is 7.92. The third-order valence-corrected chi connectivity index (χ3v) is 5.81. The lowest BCUT2D eigenvalue weighted by atomic mass is 10.1. The number of hydrogen-bond acceptors (Lipinski definition) is 3. The van der Waals surface area contributed by atoms with Crippen LogP contribution >= 0.6 is 11.6 Å². The van der Waals surface area contributed by atoms with Crippen molar-refractivity contribution in [2.45, 2.75) is 31.1 Å². The van der Waals surface area contributed by atoms with Crippen molar-refractivity contribution in [3.05, 3.63) is 57.6 Å². The topological polar surface area (TPSA) is 83.5 Å². The zero-order valence-electron chi connectivity index (χ0n) is 13.0. The molecule has 0 unspecified atom stereocenters. The molecule has 5 nitrogen and oxygen atoms in total. The summed E-state index contributed by atoms with van der Waals surface area (Å²) in [6.45, 7) is 1.75. The van der Waals surface area contributed by atoms with Gasteiger partial charge in [-0.15, -0.1) is 0 Å². The number of aryl methyl sites for hydroxylation is 2. The Morgan fingerprint density at radius 2 is 1.96 bits per heavy atom. The molecule has 3 rings (SSSR count). The zero-order valence-corrected chi connectivity index (χ0v) is 14.5. The Labute approximate surface area is 145 Å². The highest BCUT2D eigenvalue weighted by Gasteiger charge is 2.26. The highest BCUT2D eigenvalue weighted by Crippen LogP contribution is 2.32. The molecule has 0 bridgehead atoms. The number of aromatic carboxylic acids is 1. The minimum absolute atomic E-state index is 0.0103. The number of sulfonamides is 1. The van der Waals surface area contributed by atoms with Crippen LogP contribution in [0.5, 0.6) is 0 Å². The number of hydrogen-bond donors (Lipinski definition) is 2. The van der Waals surface area contributed by atoms with Gasteiger partial charge in [0.25, 0.3) is 10.0 Å². The van der Waals surface area contributed by atoms with Crippen molar-refractivity contribution < 1.29 is 18.3 Å². The Morgan fingerprint density at radius 1 is 1.21 bits per heavy atom. The van der Waals surface area contributed by atoms with Crippen LogP contribution in [-0.2, 0) is 22.9 Å². The first-order valence-electron chi connectivity index (χ1n) is 7.46. The first kappa shape index (κ1) is 16.8. The van der Waals surface area contributed by atoms with Gasteiger partial charge in [-0.25, -0.2) is 13.2 Å². The van der Waals surface area contributed by atoms with Crippen molar-refractivity contribution >= 4 is 33.3 Å². The van der Waals surface area contributed by atoms with E-state index in [1.807, 2.05) is 0 Å². The maximum Gasteiger partial charge on any atom is 0.335 e. The lowest BCUT2D eigenvalue weighted by Crippen LogP contribution is -2.17. The quantitative estimate of drug-likeness (QED) is 0.866. The number of rotatable bonds is 4. The molecule has 7 heteroatoms. The van der Waals surface area contributed by atoms with Crippen molar-refractivity contribution in [1.29, 1.82) is 0 Å². The molecule has 0 heterocycles. The van der Waals surface area contributed by atoms with E-state index in [0.29, 0.717) is 34.7 Å². The van der Waals surface area contributed by atoms with Crippen LogP contribution in [0.15, 0.2) is 35.2 Å². The number of carboxylic acid groups (broad SMARTS) is 1. The Morgan fingerprint density at radius 3 is 2.62 bits per heavy atom. The first-order chi connectivity index (χ1) is 11.3. The summed E-state index contributed by atoms with van der Waals surface area (Å²) in [5, 5.41) is 9.76. The van der Waals surface area contributed by atoms with E-state index in [1.165, 1.54) is 6.07 Å². The van der Waals surface area contributed by atoms with Gasteiger partial charge in [-0.05, 0) is 73.2 Å². The normalized spacial score (nSPS) is 13.6. The summed E-state index contributed by atoms with van der Waals surface area (Å²) < 4.78 is 28.2. The van der Waals surface area contributed by atoms with E-state index in [-0.39, 0.29) is 10.5 Å². The average molecular weight is 366 g/mol. The second-order valence-corrected chi connectivity index (χ2v) is 7.92. The van der Waals surface area contributed by atoms with E-state index in [1.54, 1.807) is 31.2 Å². The Balaban J connectivity index is 2.08. The molecule has 0 radical (unpaired) electrons. The van der Waals surface area contributed by atoms with E-state index in [4.69, 9.17) is 11.6 Å². The number of benzene rings is 2. The molecule has 1 aliphatic carbocycles. The molecule has 0 spiro atoms. The SMILES string of the molecule is Cc1cc(Cl)ccc1NS(=O)(=O)c1cc(C(=O)O)cc2c1CCC2. The predicted molar refractivity (Wildman–Crippen MR) is 92.4 cm³/mol. The fourth-order valence-corrected chi connectivity index (χ4v) is 4.66. The summed E-state index contributed by atoms with van der Waals surface area (Å²) in [6.07, 6.45) is 2.14. The monoisotopic (exact) mass is 365 g/mol. The average Bonchev–Trinajstić information content (AvgIpc) is 2.97. The minimum atomic E-state index is -3.89. The third kappa shape index (κ3) is 3.12. The van der Waals surface area contributed by atoms with Crippen LogP contribution in [0.1, 0.15) is 33.5 Å². The Hall–Kier alpha value is -2.05. The minimum Gasteiger partial charge on any atom is -0.478 e. The van der Waals surface area contributed by atoms with Gasteiger partial charge in [-0.2, -0.15) is 0 Å². The molecule has 2 N–H and O–H groups in total. The van der Waals surface area contributed by atoms with Crippen LogP contribution in [0.25, 0.3) is 0 Å². The van der Waals surface area contributed by atoms with Gasteiger partial charge in [0.1, 0.15) is 0 Å². The lowest BCUT2D eigenvalue weighted by Gasteiger charge is -2.14. The van der Waals surface area contributed by atoms with Gasteiger partial charge in [0, 0.05) is 5.02 Å². The molecule has 0 atom stereocenters. The second-order valence-electron chi connectivity index (χ2n) is 5.84. The van der Waals surface area contributed by atoms with Crippen molar-refractivity contribution in [2.24, 2.45) is 0 Å². The van der Waals surface area contributed by atoms with Crippen LogP contribution < -0.4 is 4.72 Å². The van der Waals surface area contributed by atoms with E-state index in [2.05, 4.69) is 4.72 Å². The number of fused-ring (bicyclic) bond motifs is 1. The number of anilines is 1. The highest BCUT2D eigenvalue weighted by atomic mass is 35.5. The molecule has 0 saturated heterocycles. The van der Waals surface area contributed by atoms with Gasteiger partial charge >= 0.3 is 5.97 Å². The maximum atomic E-state index is 12.8. The van der Waals surface area contributed by atoms with Crippen molar-refractivity contribution in [3.63, 3.8) is 0 Å². The summed E-state index contributed by atoms with van der Waals surface area (Å²) in [7, 11) is -3.89. The summed E-state index contributed by atoms with van der Waals surface area (Å²) in [5.74, 6) is -1.14. The van der Waals surface area contributed by atoms with Crippen molar-refractivity contribution in [2.75, 3.05) is 4.72 Å². The number of halogens is 1. The molecule has 24 heavy (non-hydrogen) atoms. The molecule has 126 valence electrons. The van der Waals surface area contributed by atoms with Gasteiger partial charge in [0.05, 0.1) is 16.1 Å². The smallest absolute Gasteiger partial charge is 0.335 e. The second kappa shape index (κ2) is 6.11. The van der Waals surface area contributed by atoms with Gasteiger partial charge < -0.3 is 5.11 Å². The van der Waals surface area contributed by atoms with Gasteiger partial charge in [0.15, 0.2) is 0 Å². The number of carbonyl (C=O) groups is 1. The summed E-state index contributed by atoms with van der Waals surface area (Å²) in [5.41, 5.74) is 2.61. The van der Waals surface area contributed by atoms with Gasteiger partial charge in [-0.1, -0.05) is 11.6 Å². The molecule has 0 aromatic heterocycles. The maximum absolute atomic E-state index is 12.8. The molecule has 0 aliphatic heterocycles. The number of nitrogens with one attached hydrogen (secondary N) is 1. The largest absolute Gasteiger partial charge is 0.478 e. The van der Waals surface area contributed by atoms with Crippen LogP contribution in [0.4, 0.5) is 5.69 Å².